The van der Waals surface area contributed by atoms with Crippen LogP contribution in [0.2, 0.25) is 0 Å². The number of aliphatic hydroxyl groups excluding tert-OH is 2. The summed E-state index contributed by atoms with van der Waals surface area (Å²) < 4.78 is 5.27. The van der Waals surface area contributed by atoms with Gasteiger partial charge in [-0.25, -0.2) is 0 Å². The Morgan fingerprint density at radius 3 is 1.54 bits per heavy atom. The standard InChI is InChI=1S/C17H36O3.C2H8N2/c1-2-3-4-5-6-7-8-9-10-11-12-13-14-20-16-17(19)15-18;3-1-2-4/h17-19H,2-16H2,1H3;1-4H2. The third kappa shape index (κ3) is 26.7. The molecule has 0 aliphatic heterocycles. The lowest BCUT2D eigenvalue weighted by atomic mass is 10.1. The fraction of sp³-hybridized carbons (Fsp3) is 1.00. The Kier molecular flexibility index (Phi) is 27.2. The van der Waals surface area contributed by atoms with Gasteiger partial charge in [0.2, 0.25) is 0 Å². The minimum Gasteiger partial charge on any atom is -0.394 e. The summed E-state index contributed by atoms with van der Waals surface area (Å²) in [6.45, 7) is 4.21. The molecule has 0 heterocycles. The number of hydrogen-bond acceptors (Lipinski definition) is 5. The van der Waals surface area contributed by atoms with Crippen molar-refractivity contribution in [3.8, 4) is 0 Å². The molecule has 0 spiro atoms. The van der Waals surface area contributed by atoms with Crippen LogP contribution in [0.25, 0.3) is 0 Å². The largest absolute Gasteiger partial charge is 0.394 e. The summed E-state index contributed by atoms with van der Waals surface area (Å²) in [7, 11) is 0. The van der Waals surface area contributed by atoms with Crippen molar-refractivity contribution in [2.75, 3.05) is 32.9 Å². The molecule has 0 aromatic heterocycles. The molecule has 0 aliphatic carbocycles. The highest BCUT2D eigenvalue weighted by atomic mass is 16.5. The molecule has 0 fully saturated rings. The number of hydrogen-bond donors (Lipinski definition) is 4. The Bertz CT molecular complexity index is 205. The van der Waals surface area contributed by atoms with Gasteiger partial charge in [-0.3, -0.25) is 0 Å². The van der Waals surface area contributed by atoms with Gasteiger partial charge in [0.25, 0.3) is 0 Å². The second kappa shape index (κ2) is 25.0. The molecule has 0 saturated heterocycles. The van der Waals surface area contributed by atoms with E-state index in [1.54, 1.807) is 0 Å². The van der Waals surface area contributed by atoms with Gasteiger partial charge >= 0.3 is 0 Å². The summed E-state index contributed by atoms with van der Waals surface area (Å²) in [6, 6.07) is 0. The lowest BCUT2D eigenvalue weighted by molar-refractivity contribution is 0.00526. The van der Waals surface area contributed by atoms with E-state index in [2.05, 4.69) is 6.92 Å². The first-order valence-corrected chi connectivity index (χ1v) is 9.99. The molecular weight excluding hydrogens is 304 g/mol. The normalized spacial score (nSPS) is 11.9. The highest BCUT2D eigenvalue weighted by Crippen LogP contribution is 2.11. The number of rotatable bonds is 17. The highest BCUT2D eigenvalue weighted by molar-refractivity contribution is 4.50. The quantitative estimate of drug-likeness (QED) is 0.303. The van der Waals surface area contributed by atoms with Gasteiger partial charge < -0.3 is 26.4 Å². The van der Waals surface area contributed by atoms with Gasteiger partial charge in [-0.1, -0.05) is 77.6 Å². The molecule has 0 aliphatic rings. The van der Waals surface area contributed by atoms with Crippen molar-refractivity contribution < 1.29 is 14.9 Å². The monoisotopic (exact) mass is 348 g/mol. The topological polar surface area (TPSA) is 102 Å². The van der Waals surface area contributed by atoms with E-state index in [1.807, 2.05) is 0 Å². The second-order valence-electron chi connectivity index (χ2n) is 6.38. The summed E-state index contributed by atoms with van der Waals surface area (Å²) in [5, 5.41) is 17.7. The number of aliphatic hydroxyl groups is 2. The summed E-state index contributed by atoms with van der Waals surface area (Å²) >= 11 is 0. The predicted octanol–water partition coefficient (Wildman–Crippen LogP) is 2.96. The maximum absolute atomic E-state index is 9.07. The van der Waals surface area contributed by atoms with Crippen molar-refractivity contribution in [1.82, 2.24) is 0 Å². The molecular formula is C19H44N2O3. The van der Waals surface area contributed by atoms with Gasteiger partial charge in [-0.2, -0.15) is 0 Å². The summed E-state index contributed by atoms with van der Waals surface area (Å²) in [5.41, 5.74) is 9.81. The zero-order valence-electron chi connectivity index (χ0n) is 16.1. The van der Waals surface area contributed by atoms with Crippen molar-refractivity contribution in [3.63, 3.8) is 0 Å². The fourth-order valence-corrected chi connectivity index (χ4v) is 2.32. The van der Waals surface area contributed by atoms with Crippen molar-refractivity contribution in [3.05, 3.63) is 0 Å². The third-order valence-electron chi connectivity index (χ3n) is 3.83. The molecule has 0 aromatic carbocycles. The van der Waals surface area contributed by atoms with Crippen LogP contribution in [0.15, 0.2) is 0 Å². The predicted molar refractivity (Wildman–Crippen MR) is 103 cm³/mol. The average molecular weight is 349 g/mol. The summed E-state index contributed by atoms with van der Waals surface area (Å²) in [6.07, 6.45) is 15.4. The molecule has 148 valence electrons. The van der Waals surface area contributed by atoms with Gasteiger partial charge in [-0.05, 0) is 6.42 Å². The molecule has 0 aromatic rings. The SMILES string of the molecule is CCCCCCCCCCCCCCOCC(O)CO.NCCN. The second-order valence-corrected chi connectivity index (χ2v) is 6.38. The first-order chi connectivity index (χ1) is 11.7. The zero-order valence-corrected chi connectivity index (χ0v) is 16.1. The van der Waals surface area contributed by atoms with Gasteiger partial charge in [0.05, 0.1) is 13.2 Å². The third-order valence-corrected chi connectivity index (χ3v) is 3.83. The van der Waals surface area contributed by atoms with Crippen LogP contribution in [0.3, 0.4) is 0 Å². The smallest absolute Gasteiger partial charge is 0.100 e. The van der Waals surface area contributed by atoms with Crippen LogP contribution < -0.4 is 11.5 Å². The molecule has 5 heteroatoms. The molecule has 0 radical (unpaired) electrons. The Hall–Kier alpha value is -0.200. The van der Waals surface area contributed by atoms with Crippen LogP contribution in [-0.2, 0) is 4.74 Å². The van der Waals surface area contributed by atoms with E-state index in [1.165, 1.54) is 70.6 Å². The Morgan fingerprint density at radius 2 is 1.17 bits per heavy atom. The van der Waals surface area contributed by atoms with Gasteiger partial charge in [0, 0.05) is 19.7 Å². The summed E-state index contributed by atoms with van der Waals surface area (Å²) in [4.78, 5) is 0. The molecule has 0 saturated carbocycles. The van der Waals surface area contributed by atoms with Crippen LogP contribution in [0.1, 0.15) is 84.0 Å². The van der Waals surface area contributed by atoms with Crippen LogP contribution in [0.5, 0.6) is 0 Å². The molecule has 0 amide bonds. The maximum Gasteiger partial charge on any atom is 0.100 e. The Labute approximate surface area is 150 Å². The Balaban J connectivity index is 0. The van der Waals surface area contributed by atoms with E-state index in [4.69, 9.17) is 26.4 Å². The first-order valence-electron chi connectivity index (χ1n) is 9.99. The molecule has 0 bridgehead atoms. The fourth-order valence-electron chi connectivity index (χ4n) is 2.32. The van der Waals surface area contributed by atoms with E-state index in [9.17, 15) is 0 Å². The highest BCUT2D eigenvalue weighted by Gasteiger charge is 2.00. The van der Waals surface area contributed by atoms with Crippen LogP contribution >= 0.6 is 0 Å². The van der Waals surface area contributed by atoms with Crippen molar-refractivity contribution >= 4 is 0 Å². The zero-order chi connectivity index (χ0) is 18.3. The van der Waals surface area contributed by atoms with Gasteiger partial charge in [-0.15, -0.1) is 0 Å². The Morgan fingerprint density at radius 1 is 0.750 bits per heavy atom. The van der Waals surface area contributed by atoms with Crippen molar-refractivity contribution in [2.45, 2.75) is 90.1 Å². The van der Waals surface area contributed by atoms with Crippen molar-refractivity contribution in [1.29, 1.82) is 0 Å². The van der Waals surface area contributed by atoms with Crippen LogP contribution in [0.4, 0.5) is 0 Å². The number of ether oxygens (including phenoxy) is 1. The summed E-state index contributed by atoms with van der Waals surface area (Å²) in [5.74, 6) is 0. The average Bonchev–Trinajstić information content (AvgIpc) is 2.61. The molecule has 5 nitrogen and oxygen atoms in total. The molecule has 6 N–H and O–H groups in total. The van der Waals surface area contributed by atoms with E-state index in [0.29, 0.717) is 19.7 Å². The van der Waals surface area contributed by atoms with Crippen LogP contribution in [0, 0.1) is 0 Å². The minimum atomic E-state index is -0.715. The van der Waals surface area contributed by atoms with E-state index in [0.717, 1.165) is 6.42 Å². The van der Waals surface area contributed by atoms with Crippen molar-refractivity contribution in [2.24, 2.45) is 11.5 Å². The molecule has 1 unspecified atom stereocenters. The van der Waals surface area contributed by atoms with Crippen LogP contribution in [-0.4, -0.2) is 49.2 Å². The lowest BCUT2D eigenvalue weighted by Gasteiger charge is -2.08. The number of unbranched alkanes of at least 4 members (excludes halogenated alkanes) is 11. The minimum absolute atomic E-state index is 0.210. The van der Waals surface area contributed by atoms with E-state index in [-0.39, 0.29) is 13.2 Å². The lowest BCUT2D eigenvalue weighted by Crippen LogP contribution is -2.19. The van der Waals surface area contributed by atoms with Gasteiger partial charge in [0.1, 0.15) is 6.10 Å². The van der Waals surface area contributed by atoms with E-state index >= 15 is 0 Å². The van der Waals surface area contributed by atoms with E-state index < -0.39 is 6.10 Å². The number of nitrogens with two attached hydrogens (primary N) is 2. The maximum atomic E-state index is 9.07. The molecule has 24 heavy (non-hydrogen) atoms. The molecule has 1 atom stereocenters. The first kappa shape index (κ1) is 26.0. The molecule has 0 rings (SSSR count). The van der Waals surface area contributed by atoms with Gasteiger partial charge in [0.15, 0.2) is 0 Å².